The van der Waals surface area contributed by atoms with E-state index in [4.69, 9.17) is 14.9 Å². The molecule has 0 spiro atoms. The number of aromatic nitrogens is 1. The number of fused-ring (bicyclic) bond motifs is 1. The molecule has 0 unspecified atom stereocenters. The number of anilines is 1. The van der Waals surface area contributed by atoms with E-state index < -0.39 is 5.60 Å². The lowest BCUT2D eigenvalue weighted by molar-refractivity contribution is 0.0139. The fourth-order valence-electron chi connectivity index (χ4n) is 3.59. The SMILES string of the molecule is CC(C)(C)OC(=O)N1CCN(Cc2cccc3nc(-c4ccccc4N)oc23)CC1. The van der Waals surface area contributed by atoms with Crippen LogP contribution in [0.15, 0.2) is 46.9 Å². The predicted octanol–water partition coefficient (Wildman–Crippen LogP) is 4.13. The molecule has 0 aliphatic carbocycles. The standard InChI is InChI=1S/C23H28N4O3/c1-23(2,3)30-22(28)27-13-11-26(12-14-27)15-16-7-6-10-19-20(16)29-21(25-19)17-8-4-5-9-18(17)24/h4-10H,11-15,24H2,1-3H3. The van der Waals surface area contributed by atoms with Crippen LogP contribution in [0.4, 0.5) is 10.5 Å². The number of hydrogen-bond donors (Lipinski definition) is 1. The third-order valence-electron chi connectivity index (χ3n) is 5.11. The first-order chi connectivity index (χ1) is 14.3. The van der Waals surface area contributed by atoms with Gasteiger partial charge in [0.1, 0.15) is 11.1 Å². The molecule has 30 heavy (non-hydrogen) atoms. The lowest BCUT2D eigenvalue weighted by Gasteiger charge is -2.35. The molecule has 0 radical (unpaired) electrons. The normalized spacial score (nSPS) is 15.5. The van der Waals surface area contributed by atoms with Crippen LogP contribution in [0.25, 0.3) is 22.6 Å². The van der Waals surface area contributed by atoms with Gasteiger partial charge in [0.15, 0.2) is 5.58 Å². The van der Waals surface area contributed by atoms with Crippen molar-refractivity contribution >= 4 is 22.9 Å². The van der Waals surface area contributed by atoms with Gasteiger partial charge < -0.3 is 19.8 Å². The van der Waals surface area contributed by atoms with Crippen molar-refractivity contribution in [3.8, 4) is 11.5 Å². The summed E-state index contributed by atoms with van der Waals surface area (Å²) in [6, 6.07) is 13.6. The number of ether oxygens (including phenoxy) is 1. The molecule has 1 saturated heterocycles. The summed E-state index contributed by atoms with van der Waals surface area (Å²) in [6.07, 6.45) is -0.246. The highest BCUT2D eigenvalue weighted by Crippen LogP contribution is 2.30. The van der Waals surface area contributed by atoms with Crippen LogP contribution in [0.1, 0.15) is 26.3 Å². The molecule has 4 rings (SSSR count). The highest BCUT2D eigenvalue weighted by molar-refractivity contribution is 5.81. The smallest absolute Gasteiger partial charge is 0.410 e. The third kappa shape index (κ3) is 4.41. The minimum absolute atomic E-state index is 0.246. The van der Waals surface area contributed by atoms with Crippen LogP contribution in [0.5, 0.6) is 0 Å². The number of carbonyl (C=O) groups is 1. The fraction of sp³-hybridized carbons (Fsp3) is 0.391. The Hall–Kier alpha value is -3.06. The summed E-state index contributed by atoms with van der Waals surface area (Å²) in [6.45, 7) is 9.24. The van der Waals surface area contributed by atoms with E-state index >= 15 is 0 Å². The van der Waals surface area contributed by atoms with Crippen LogP contribution in [0, 0.1) is 0 Å². The number of benzene rings is 2. The Balaban J connectivity index is 1.46. The Morgan fingerprint density at radius 3 is 2.53 bits per heavy atom. The molecule has 1 aliphatic heterocycles. The molecule has 0 saturated carbocycles. The first-order valence-corrected chi connectivity index (χ1v) is 10.2. The summed E-state index contributed by atoms with van der Waals surface area (Å²) in [5.74, 6) is 0.533. The second kappa shape index (κ2) is 7.99. The van der Waals surface area contributed by atoms with Gasteiger partial charge in [0.2, 0.25) is 5.89 Å². The second-order valence-corrected chi connectivity index (χ2v) is 8.62. The van der Waals surface area contributed by atoms with Crippen LogP contribution >= 0.6 is 0 Å². The van der Waals surface area contributed by atoms with E-state index in [0.717, 1.165) is 41.9 Å². The number of nitrogens with zero attached hydrogens (tertiary/aromatic N) is 3. The minimum Gasteiger partial charge on any atom is -0.444 e. The van der Waals surface area contributed by atoms with Crippen molar-refractivity contribution in [1.29, 1.82) is 0 Å². The molecular formula is C23H28N4O3. The number of nitrogen functional groups attached to an aromatic ring is 1. The first kappa shape index (κ1) is 20.2. The van der Waals surface area contributed by atoms with Gasteiger partial charge in [0.05, 0.1) is 5.56 Å². The van der Waals surface area contributed by atoms with Crippen molar-refractivity contribution in [2.75, 3.05) is 31.9 Å². The zero-order valence-corrected chi connectivity index (χ0v) is 17.7. The van der Waals surface area contributed by atoms with Crippen molar-refractivity contribution in [3.63, 3.8) is 0 Å². The molecule has 0 bridgehead atoms. The average Bonchev–Trinajstić information content (AvgIpc) is 3.13. The molecule has 1 aromatic heterocycles. The summed E-state index contributed by atoms with van der Waals surface area (Å²) >= 11 is 0. The van der Waals surface area contributed by atoms with Gasteiger partial charge in [-0.1, -0.05) is 24.3 Å². The minimum atomic E-state index is -0.476. The van der Waals surface area contributed by atoms with Crippen LogP contribution in [0.3, 0.4) is 0 Å². The van der Waals surface area contributed by atoms with Gasteiger partial charge in [-0.2, -0.15) is 0 Å². The molecule has 7 heteroatoms. The number of carbonyl (C=O) groups excluding carboxylic acids is 1. The van der Waals surface area contributed by atoms with E-state index in [0.29, 0.717) is 24.7 Å². The van der Waals surface area contributed by atoms with E-state index in [9.17, 15) is 4.79 Å². The average molecular weight is 409 g/mol. The summed E-state index contributed by atoms with van der Waals surface area (Å²) in [7, 11) is 0. The van der Waals surface area contributed by atoms with Crippen LogP contribution in [-0.4, -0.2) is 52.7 Å². The summed E-state index contributed by atoms with van der Waals surface area (Å²) in [5.41, 5.74) is 9.73. The largest absolute Gasteiger partial charge is 0.444 e. The van der Waals surface area contributed by atoms with E-state index in [1.807, 2.05) is 57.2 Å². The topological polar surface area (TPSA) is 84.8 Å². The monoisotopic (exact) mass is 408 g/mol. The third-order valence-corrected chi connectivity index (χ3v) is 5.11. The van der Waals surface area contributed by atoms with E-state index in [2.05, 4.69) is 16.0 Å². The van der Waals surface area contributed by atoms with Gasteiger partial charge in [-0.05, 0) is 39.0 Å². The van der Waals surface area contributed by atoms with Gasteiger partial charge in [0, 0.05) is 44.0 Å². The molecule has 2 heterocycles. The maximum atomic E-state index is 12.3. The van der Waals surface area contributed by atoms with Gasteiger partial charge in [-0.3, -0.25) is 4.90 Å². The van der Waals surface area contributed by atoms with Crippen molar-refractivity contribution in [2.24, 2.45) is 0 Å². The zero-order chi connectivity index (χ0) is 21.3. The van der Waals surface area contributed by atoms with E-state index in [1.165, 1.54) is 0 Å². The summed E-state index contributed by atoms with van der Waals surface area (Å²) in [5, 5.41) is 0. The molecule has 0 atom stereocenters. The number of rotatable bonds is 3. The Labute approximate surface area is 176 Å². The maximum Gasteiger partial charge on any atom is 0.410 e. The Morgan fingerprint density at radius 1 is 1.10 bits per heavy atom. The number of nitrogens with two attached hydrogens (primary N) is 1. The molecular weight excluding hydrogens is 380 g/mol. The Morgan fingerprint density at radius 2 is 1.83 bits per heavy atom. The molecule has 3 aromatic rings. The molecule has 1 aliphatic rings. The fourth-order valence-corrected chi connectivity index (χ4v) is 3.59. The first-order valence-electron chi connectivity index (χ1n) is 10.2. The number of hydrogen-bond acceptors (Lipinski definition) is 6. The maximum absolute atomic E-state index is 12.3. The van der Waals surface area contributed by atoms with Crippen LogP contribution in [0.2, 0.25) is 0 Å². The molecule has 158 valence electrons. The van der Waals surface area contributed by atoms with E-state index in [-0.39, 0.29) is 6.09 Å². The molecule has 7 nitrogen and oxygen atoms in total. The van der Waals surface area contributed by atoms with E-state index in [1.54, 1.807) is 4.90 Å². The molecule has 2 aromatic carbocycles. The van der Waals surface area contributed by atoms with Gasteiger partial charge >= 0.3 is 6.09 Å². The zero-order valence-electron chi connectivity index (χ0n) is 17.7. The summed E-state index contributed by atoms with van der Waals surface area (Å²) < 4.78 is 11.6. The van der Waals surface area contributed by atoms with Crippen molar-refractivity contribution in [3.05, 3.63) is 48.0 Å². The van der Waals surface area contributed by atoms with Crippen molar-refractivity contribution in [2.45, 2.75) is 32.9 Å². The highest BCUT2D eigenvalue weighted by Gasteiger charge is 2.26. The van der Waals surface area contributed by atoms with Crippen LogP contribution < -0.4 is 5.73 Å². The Bertz CT molecular complexity index is 1050. The second-order valence-electron chi connectivity index (χ2n) is 8.62. The van der Waals surface area contributed by atoms with Crippen molar-refractivity contribution in [1.82, 2.24) is 14.8 Å². The molecule has 1 amide bonds. The number of oxazole rings is 1. The van der Waals surface area contributed by atoms with Gasteiger partial charge in [-0.25, -0.2) is 9.78 Å². The number of para-hydroxylation sites is 2. The van der Waals surface area contributed by atoms with Gasteiger partial charge in [-0.15, -0.1) is 0 Å². The predicted molar refractivity (Wildman–Crippen MR) is 117 cm³/mol. The summed E-state index contributed by atoms with van der Waals surface area (Å²) in [4.78, 5) is 21.0. The highest BCUT2D eigenvalue weighted by atomic mass is 16.6. The lowest BCUT2D eigenvalue weighted by atomic mass is 10.1. The number of piperazine rings is 1. The Kier molecular flexibility index (Phi) is 5.39. The quantitative estimate of drug-likeness (QED) is 0.656. The van der Waals surface area contributed by atoms with Gasteiger partial charge in [0.25, 0.3) is 0 Å². The van der Waals surface area contributed by atoms with Crippen molar-refractivity contribution < 1.29 is 13.9 Å². The molecule has 1 fully saturated rings. The number of amides is 1. The molecule has 2 N–H and O–H groups in total. The van der Waals surface area contributed by atoms with Crippen LogP contribution in [-0.2, 0) is 11.3 Å². The lowest BCUT2D eigenvalue weighted by Crippen LogP contribution is -2.49.